The molecule has 0 saturated carbocycles. The average Bonchev–Trinajstić information content (AvgIpc) is 3.40. The minimum atomic E-state index is 0.211. The van der Waals surface area contributed by atoms with Gasteiger partial charge in [0.25, 0.3) is 5.91 Å². The Hall–Kier alpha value is -1.69. The number of thiophene rings is 1. The van der Waals surface area contributed by atoms with Crippen molar-refractivity contribution in [3.05, 3.63) is 57.8 Å². The second-order valence-corrected chi connectivity index (χ2v) is 9.32. The summed E-state index contributed by atoms with van der Waals surface area (Å²) in [6, 6.07) is 14.3. The molecule has 0 N–H and O–H groups in total. The van der Waals surface area contributed by atoms with Crippen LogP contribution < -0.4 is 0 Å². The smallest absolute Gasteiger partial charge is 0.263 e. The molecule has 2 saturated heterocycles. The van der Waals surface area contributed by atoms with Crippen LogP contribution in [0.25, 0.3) is 0 Å². The molecule has 2 aliphatic heterocycles. The summed E-state index contributed by atoms with van der Waals surface area (Å²) in [5.41, 5.74) is 2.83. The van der Waals surface area contributed by atoms with Crippen LogP contribution >= 0.6 is 11.3 Å². The van der Waals surface area contributed by atoms with Crippen LogP contribution in [0.4, 0.5) is 0 Å². The van der Waals surface area contributed by atoms with Crippen LogP contribution in [0.5, 0.6) is 0 Å². The molecule has 0 bridgehead atoms. The van der Waals surface area contributed by atoms with E-state index in [0.717, 1.165) is 37.4 Å². The second-order valence-electron chi connectivity index (χ2n) is 8.38. The summed E-state index contributed by atoms with van der Waals surface area (Å²) in [7, 11) is 4.23. The lowest BCUT2D eigenvalue weighted by Gasteiger charge is -2.39. The largest absolute Gasteiger partial charge is 0.338 e. The van der Waals surface area contributed by atoms with Crippen molar-refractivity contribution in [2.75, 3.05) is 33.7 Å². The molecule has 1 amide bonds. The standard InChI is InChI=1S/C23H31N3OS/c1-24(2)17-18-7-9-19(10-8-18)21-5-3-13-26(21)20-11-14-25(15-12-20)23(27)22-6-4-16-28-22/h4,6-10,16,20-21H,3,5,11-15,17H2,1-2H3/t21-/m0/s1. The van der Waals surface area contributed by atoms with Gasteiger partial charge in [0, 0.05) is 31.7 Å². The monoisotopic (exact) mass is 397 g/mol. The Kier molecular flexibility index (Phi) is 6.14. The Labute approximate surface area is 172 Å². The molecule has 0 aliphatic carbocycles. The zero-order valence-electron chi connectivity index (χ0n) is 17.0. The zero-order valence-corrected chi connectivity index (χ0v) is 17.8. The van der Waals surface area contributed by atoms with Gasteiger partial charge in [0.15, 0.2) is 0 Å². The predicted molar refractivity (Wildman–Crippen MR) is 116 cm³/mol. The van der Waals surface area contributed by atoms with Gasteiger partial charge in [-0.3, -0.25) is 9.69 Å². The van der Waals surface area contributed by atoms with Gasteiger partial charge in [-0.25, -0.2) is 0 Å². The van der Waals surface area contributed by atoms with E-state index in [1.165, 1.54) is 30.5 Å². The summed E-state index contributed by atoms with van der Waals surface area (Å²) in [5, 5.41) is 1.98. The number of benzene rings is 1. The van der Waals surface area contributed by atoms with Crippen LogP contribution in [0.3, 0.4) is 0 Å². The highest BCUT2D eigenvalue weighted by Crippen LogP contribution is 2.36. The van der Waals surface area contributed by atoms with E-state index in [2.05, 4.69) is 48.2 Å². The van der Waals surface area contributed by atoms with E-state index in [1.54, 1.807) is 11.3 Å². The van der Waals surface area contributed by atoms with Crippen LogP contribution in [0.1, 0.15) is 52.5 Å². The van der Waals surface area contributed by atoms with Crippen molar-refractivity contribution in [1.29, 1.82) is 0 Å². The number of rotatable bonds is 5. The number of carbonyl (C=O) groups is 1. The van der Waals surface area contributed by atoms with E-state index < -0.39 is 0 Å². The van der Waals surface area contributed by atoms with Crippen molar-refractivity contribution in [2.45, 2.75) is 44.3 Å². The molecule has 1 atom stereocenters. The summed E-state index contributed by atoms with van der Waals surface area (Å²) in [6.45, 7) is 3.94. The Bertz CT molecular complexity index is 764. The Morgan fingerprint density at radius 1 is 1.07 bits per heavy atom. The van der Waals surface area contributed by atoms with E-state index in [1.807, 2.05) is 22.4 Å². The lowest BCUT2D eigenvalue weighted by Crippen LogP contribution is -2.46. The second kappa shape index (κ2) is 8.76. The lowest BCUT2D eigenvalue weighted by atomic mass is 9.98. The summed E-state index contributed by atoms with van der Waals surface area (Å²) < 4.78 is 0. The number of amides is 1. The normalized spacial score (nSPS) is 21.5. The van der Waals surface area contributed by atoms with Crippen LogP contribution in [-0.4, -0.2) is 60.4 Å². The van der Waals surface area contributed by atoms with Crippen LogP contribution in [0.15, 0.2) is 41.8 Å². The van der Waals surface area contributed by atoms with E-state index in [4.69, 9.17) is 0 Å². The number of nitrogens with zero attached hydrogens (tertiary/aromatic N) is 3. The van der Waals surface area contributed by atoms with Gasteiger partial charge in [-0.15, -0.1) is 11.3 Å². The van der Waals surface area contributed by atoms with Crippen LogP contribution in [0.2, 0.25) is 0 Å². The highest BCUT2D eigenvalue weighted by atomic mass is 32.1. The molecule has 1 aromatic heterocycles. The highest BCUT2D eigenvalue weighted by molar-refractivity contribution is 7.12. The quantitative estimate of drug-likeness (QED) is 0.755. The van der Waals surface area contributed by atoms with Gasteiger partial charge < -0.3 is 9.80 Å². The molecule has 4 nitrogen and oxygen atoms in total. The molecule has 2 aromatic rings. The number of hydrogen-bond acceptors (Lipinski definition) is 4. The molecule has 1 aromatic carbocycles. The first-order valence-electron chi connectivity index (χ1n) is 10.4. The maximum Gasteiger partial charge on any atom is 0.263 e. The first-order valence-corrected chi connectivity index (χ1v) is 11.3. The average molecular weight is 398 g/mol. The van der Waals surface area contributed by atoms with Gasteiger partial charge in [-0.1, -0.05) is 30.3 Å². The molecule has 4 rings (SSSR count). The summed E-state index contributed by atoms with van der Waals surface area (Å²) in [4.78, 5) is 20.4. The number of piperidine rings is 1. The fourth-order valence-electron chi connectivity index (χ4n) is 4.75. The van der Waals surface area contributed by atoms with Crippen molar-refractivity contribution in [1.82, 2.24) is 14.7 Å². The summed E-state index contributed by atoms with van der Waals surface area (Å²) >= 11 is 1.55. The molecule has 0 unspecified atom stereocenters. The summed E-state index contributed by atoms with van der Waals surface area (Å²) in [6.07, 6.45) is 4.71. The van der Waals surface area contributed by atoms with Gasteiger partial charge >= 0.3 is 0 Å². The van der Waals surface area contributed by atoms with Gasteiger partial charge in [0.1, 0.15) is 0 Å². The van der Waals surface area contributed by atoms with Gasteiger partial charge in [0.05, 0.1) is 4.88 Å². The van der Waals surface area contributed by atoms with Gasteiger partial charge in [0.2, 0.25) is 0 Å². The Balaban J connectivity index is 1.37. The first-order chi connectivity index (χ1) is 13.6. The molecular weight excluding hydrogens is 366 g/mol. The lowest BCUT2D eigenvalue weighted by molar-refractivity contribution is 0.0604. The molecular formula is C23H31N3OS. The van der Waals surface area contributed by atoms with Gasteiger partial charge in [-0.05, 0) is 68.9 Å². The van der Waals surface area contributed by atoms with Crippen molar-refractivity contribution >= 4 is 17.2 Å². The third-order valence-corrected chi connectivity index (χ3v) is 6.97. The maximum absolute atomic E-state index is 12.6. The van der Waals surface area contributed by atoms with Crippen molar-refractivity contribution in [2.24, 2.45) is 0 Å². The number of likely N-dealkylation sites (tertiary alicyclic amines) is 2. The molecule has 28 heavy (non-hydrogen) atoms. The van der Waals surface area contributed by atoms with Gasteiger partial charge in [-0.2, -0.15) is 0 Å². The topological polar surface area (TPSA) is 26.8 Å². The summed E-state index contributed by atoms with van der Waals surface area (Å²) in [5.74, 6) is 0.211. The SMILES string of the molecule is CN(C)Cc1ccc([C@@H]2CCCN2C2CCN(C(=O)c3cccs3)CC2)cc1. The Morgan fingerprint density at radius 2 is 1.82 bits per heavy atom. The van der Waals surface area contributed by atoms with Crippen molar-refractivity contribution < 1.29 is 4.79 Å². The minimum Gasteiger partial charge on any atom is -0.338 e. The van der Waals surface area contributed by atoms with Crippen molar-refractivity contribution in [3.63, 3.8) is 0 Å². The number of carbonyl (C=O) groups excluding carboxylic acids is 1. The zero-order chi connectivity index (χ0) is 19.5. The van der Waals surface area contributed by atoms with E-state index in [-0.39, 0.29) is 5.91 Å². The van der Waals surface area contributed by atoms with E-state index >= 15 is 0 Å². The molecule has 0 radical (unpaired) electrons. The molecule has 5 heteroatoms. The number of hydrogen-bond donors (Lipinski definition) is 0. The first kappa shape index (κ1) is 19.6. The molecule has 0 spiro atoms. The molecule has 2 fully saturated rings. The maximum atomic E-state index is 12.6. The minimum absolute atomic E-state index is 0.211. The fraction of sp³-hybridized carbons (Fsp3) is 0.522. The van der Waals surface area contributed by atoms with Crippen molar-refractivity contribution in [3.8, 4) is 0 Å². The third-order valence-electron chi connectivity index (χ3n) is 6.11. The Morgan fingerprint density at radius 3 is 2.46 bits per heavy atom. The van der Waals surface area contributed by atoms with Crippen LogP contribution in [0, 0.1) is 0 Å². The molecule has 2 aliphatic rings. The van der Waals surface area contributed by atoms with E-state index in [0.29, 0.717) is 12.1 Å². The fourth-order valence-corrected chi connectivity index (χ4v) is 5.44. The van der Waals surface area contributed by atoms with Crippen LogP contribution in [-0.2, 0) is 6.54 Å². The highest BCUT2D eigenvalue weighted by Gasteiger charge is 2.34. The molecule has 150 valence electrons. The molecule has 3 heterocycles. The third kappa shape index (κ3) is 4.32. The predicted octanol–water partition coefficient (Wildman–Crippen LogP) is 4.25. The van der Waals surface area contributed by atoms with E-state index in [9.17, 15) is 4.79 Å².